The Hall–Kier alpha value is -2.34. The summed E-state index contributed by atoms with van der Waals surface area (Å²) in [6, 6.07) is 9.00. The summed E-state index contributed by atoms with van der Waals surface area (Å²) in [4.78, 5) is 2.66. The third kappa shape index (κ3) is 4.36. The second-order valence-electron chi connectivity index (χ2n) is 10.4. The number of benzene rings is 2. The first-order valence-corrected chi connectivity index (χ1v) is 14.7. The molecule has 0 bridgehead atoms. The van der Waals surface area contributed by atoms with E-state index in [1.54, 1.807) is 7.11 Å². The minimum Gasteiger partial charge on any atom is -0.493 e. The van der Waals surface area contributed by atoms with Crippen LogP contribution in [-0.4, -0.2) is 37.3 Å². The quantitative estimate of drug-likeness (QED) is 0.239. The summed E-state index contributed by atoms with van der Waals surface area (Å²) in [5, 5.41) is 1.08. The van der Waals surface area contributed by atoms with Crippen molar-refractivity contribution in [2.45, 2.75) is 63.8 Å². The van der Waals surface area contributed by atoms with E-state index in [-0.39, 0.29) is 0 Å². The highest BCUT2D eigenvalue weighted by Crippen LogP contribution is 2.54. The fourth-order valence-corrected chi connectivity index (χ4v) is 6.92. The van der Waals surface area contributed by atoms with Gasteiger partial charge in [0, 0.05) is 28.7 Å². The number of alkyl halides is 1. The Morgan fingerprint density at radius 3 is 2.64 bits per heavy atom. The second-order valence-corrected chi connectivity index (χ2v) is 11.2. The molecule has 2 aromatic rings. The Bertz CT molecular complexity index is 1140. The molecule has 3 heterocycles. The van der Waals surface area contributed by atoms with Crippen LogP contribution in [0.2, 0.25) is 0 Å². The van der Waals surface area contributed by atoms with Crippen LogP contribution in [0, 0.1) is 5.92 Å². The van der Waals surface area contributed by atoms with Crippen LogP contribution in [0.15, 0.2) is 24.3 Å². The molecular formula is C30H36BrNO4. The van der Waals surface area contributed by atoms with Crippen LogP contribution < -0.4 is 18.9 Å². The molecule has 1 saturated carbocycles. The molecule has 36 heavy (non-hydrogen) atoms. The standard InChI is InChI=1S/C30H36BrNO4/c1-33-25-11-10-22-16-24-23-18-27-26(35-19-36-27)17-21(23)12-14-32(24)29(20-8-4-5-9-20)28(22)30(25)34-15-7-3-2-6-13-31/h10-11,16-18,20,29H,2-9,12-15,19H2,1H3/t29-/m0/s1. The maximum atomic E-state index is 6.58. The first-order valence-electron chi connectivity index (χ1n) is 13.6. The SMILES string of the molecule is COc1ccc2c(c1OCCCCCCBr)[C@H](C1CCCC1)N1CCc3cc4c(cc3C1=C2)OCO4. The summed E-state index contributed by atoms with van der Waals surface area (Å²) in [7, 11) is 1.76. The molecule has 4 aliphatic rings. The molecule has 1 fully saturated rings. The van der Waals surface area contributed by atoms with Gasteiger partial charge in [-0.3, -0.25) is 0 Å². The highest BCUT2D eigenvalue weighted by atomic mass is 79.9. The molecule has 1 aliphatic carbocycles. The van der Waals surface area contributed by atoms with Gasteiger partial charge in [-0.1, -0.05) is 47.7 Å². The zero-order valence-corrected chi connectivity index (χ0v) is 22.8. The van der Waals surface area contributed by atoms with Crippen LogP contribution in [0.5, 0.6) is 23.0 Å². The molecule has 0 amide bonds. The Balaban J connectivity index is 1.40. The van der Waals surface area contributed by atoms with E-state index in [1.165, 1.54) is 72.9 Å². The smallest absolute Gasteiger partial charge is 0.231 e. The average molecular weight is 555 g/mol. The van der Waals surface area contributed by atoms with Gasteiger partial charge in [-0.25, -0.2) is 0 Å². The predicted molar refractivity (Wildman–Crippen MR) is 146 cm³/mol. The van der Waals surface area contributed by atoms with Crippen molar-refractivity contribution in [3.63, 3.8) is 0 Å². The molecule has 0 spiro atoms. The normalized spacial score (nSPS) is 20.0. The van der Waals surface area contributed by atoms with Crippen LogP contribution in [0.1, 0.15) is 79.7 Å². The van der Waals surface area contributed by atoms with Gasteiger partial charge in [0.05, 0.1) is 19.8 Å². The van der Waals surface area contributed by atoms with E-state index < -0.39 is 0 Å². The number of unbranched alkanes of at least 4 members (excludes halogenated alkanes) is 3. The van der Waals surface area contributed by atoms with Gasteiger partial charge in [0.25, 0.3) is 0 Å². The van der Waals surface area contributed by atoms with Crippen molar-refractivity contribution in [1.29, 1.82) is 0 Å². The Kier molecular flexibility index (Phi) is 7.05. The van der Waals surface area contributed by atoms with E-state index in [1.807, 2.05) is 0 Å². The topological polar surface area (TPSA) is 40.2 Å². The molecule has 0 radical (unpaired) electrons. The van der Waals surface area contributed by atoms with Crippen LogP contribution in [0.25, 0.3) is 11.8 Å². The van der Waals surface area contributed by atoms with Gasteiger partial charge in [-0.2, -0.15) is 0 Å². The largest absolute Gasteiger partial charge is 0.493 e. The van der Waals surface area contributed by atoms with Gasteiger partial charge in [0.2, 0.25) is 6.79 Å². The first kappa shape index (κ1) is 24.0. The fraction of sp³-hybridized carbons (Fsp3) is 0.533. The lowest BCUT2D eigenvalue weighted by molar-refractivity contribution is 0.174. The lowest BCUT2D eigenvalue weighted by Gasteiger charge is -2.46. The molecular weight excluding hydrogens is 518 g/mol. The number of ether oxygens (including phenoxy) is 4. The van der Waals surface area contributed by atoms with Gasteiger partial charge in [0.1, 0.15) is 0 Å². The molecule has 1 atom stereocenters. The first-order chi connectivity index (χ1) is 17.8. The van der Waals surface area contributed by atoms with Crippen molar-refractivity contribution < 1.29 is 18.9 Å². The van der Waals surface area contributed by atoms with Crippen LogP contribution in [-0.2, 0) is 6.42 Å². The molecule has 192 valence electrons. The second kappa shape index (κ2) is 10.6. The maximum absolute atomic E-state index is 6.58. The van der Waals surface area contributed by atoms with E-state index in [4.69, 9.17) is 18.9 Å². The third-order valence-corrected chi connectivity index (χ3v) is 8.82. The monoisotopic (exact) mass is 553 g/mol. The van der Waals surface area contributed by atoms with E-state index in [9.17, 15) is 0 Å². The number of methoxy groups -OCH3 is 1. The summed E-state index contributed by atoms with van der Waals surface area (Å²) in [6.07, 6.45) is 13.3. The van der Waals surface area contributed by atoms with Crippen molar-refractivity contribution in [2.75, 3.05) is 32.4 Å². The fourth-order valence-electron chi connectivity index (χ4n) is 6.52. The van der Waals surface area contributed by atoms with Gasteiger partial charge >= 0.3 is 0 Å². The van der Waals surface area contributed by atoms with Crippen molar-refractivity contribution >= 4 is 27.7 Å². The van der Waals surface area contributed by atoms with Gasteiger partial charge < -0.3 is 23.8 Å². The van der Waals surface area contributed by atoms with Crippen molar-refractivity contribution in [2.24, 2.45) is 5.92 Å². The van der Waals surface area contributed by atoms with Crippen molar-refractivity contribution in [3.05, 3.63) is 46.5 Å². The highest BCUT2D eigenvalue weighted by molar-refractivity contribution is 9.09. The van der Waals surface area contributed by atoms with Crippen molar-refractivity contribution in [3.8, 4) is 23.0 Å². The number of hydrogen-bond donors (Lipinski definition) is 0. The minimum atomic E-state index is 0.305. The zero-order valence-electron chi connectivity index (χ0n) is 21.2. The number of nitrogens with zero attached hydrogens (tertiary/aromatic N) is 1. The summed E-state index contributed by atoms with van der Waals surface area (Å²) < 4.78 is 23.9. The summed E-state index contributed by atoms with van der Waals surface area (Å²) >= 11 is 3.54. The summed E-state index contributed by atoms with van der Waals surface area (Å²) in [5.41, 5.74) is 6.53. The number of rotatable bonds is 9. The molecule has 0 aromatic heterocycles. The highest BCUT2D eigenvalue weighted by Gasteiger charge is 2.41. The molecule has 0 N–H and O–H groups in total. The maximum Gasteiger partial charge on any atom is 0.231 e. The number of fused-ring (bicyclic) bond motifs is 5. The number of hydrogen-bond acceptors (Lipinski definition) is 5. The van der Waals surface area contributed by atoms with Gasteiger partial charge in [0.15, 0.2) is 23.0 Å². The van der Waals surface area contributed by atoms with E-state index >= 15 is 0 Å². The molecule has 0 saturated heterocycles. The predicted octanol–water partition coefficient (Wildman–Crippen LogP) is 7.36. The van der Waals surface area contributed by atoms with E-state index in [2.05, 4.69) is 51.2 Å². The zero-order chi connectivity index (χ0) is 24.5. The molecule has 6 rings (SSSR count). The Morgan fingerprint density at radius 1 is 1.03 bits per heavy atom. The molecule has 0 unspecified atom stereocenters. The Morgan fingerprint density at radius 2 is 1.83 bits per heavy atom. The average Bonchev–Trinajstić information content (AvgIpc) is 3.60. The molecule has 3 aliphatic heterocycles. The van der Waals surface area contributed by atoms with E-state index in [0.29, 0.717) is 18.8 Å². The third-order valence-electron chi connectivity index (χ3n) is 8.26. The van der Waals surface area contributed by atoms with Gasteiger partial charge in [-0.05, 0) is 73.4 Å². The van der Waals surface area contributed by atoms with E-state index in [0.717, 1.165) is 54.3 Å². The minimum absolute atomic E-state index is 0.305. The molecule has 6 heteroatoms. The van der Waals surface area contributed by atoms with Crippen molar-refractivity contribution in [1.82, 2.24) is 4.90 Å². The molecule has 5 nitrogen and oxygen atoms in total. The summed E-state index contributed by atoms with van der Waals surface area (Å²) in [6.45, 7) is 2.04. The Labute approximate surface area is 222 Å². The van der Waals surface area contributed by atoms with Crippen LogP contribution in [0.4, 0.5) is 0 Å². The van der Waals surface area contributed by atoms with Crippen LogP contribution in [0.3, 0.4) is 0 Å². The molecule has 2 aromatic carbocycles. The van der Waals surface area contributed by atoms with Crippen LogP contribution >= 0.6 is 15.9 Å². The summed E-state index contributed by atoms with van der Waals surface area (Å²) in [5.74, 6) is 4.17. The number of halogens is 1. The lowest BCUT2D eigenvalue weighted by Crippen LogP contribution is -2.38. The van der Waals surface area contributed by atoms with Gasteiger partial charge in [-0.15, -0.1) is 0 Å². The lowest BCUT2D eigenvalue weighted by atomic mass is 9.80.